The number of halogens is 4. The number of benzene rings is 1. The summed E-state index contributed by atoms with van der Waals surface area (Å²) in [5, 5.41) is 0.367. The molecule has 0 unspecified atom stereocenters. The minimum absolute atomic E-state index is 0.0311. The number of alkyl halides is 3. The van der Waals surface area contributed by atoms with Gasteiger partial charge in [0, 0.05) is 25.0 Å². The Balaban J connectivity index is 1.52. The van der Waals surface area contributed by atoms with Crippen molar-refractivity contribution in [1.82, 2.24) is 4.98 Å². The van der Waals surface area contributed by atoms with Crippen molar-refractivity contribution in [3.8, 4) is 5.75 Å². The van der Waals surface area contributed by atoms with Gasteiger partial charge < -0.3 is 15.2 Å². The van der Waals surface area contributed by atoms with Crippen LogP contribution in [0.15, 0.2) is 41.5 Å². The molecule has 0 amide bonds. The maximum Gasteiger partial charge on any atom is 0.422 e. The van der Waals surface area contributed by atoms with Crippen LogP contribution in [-0.2, 0) is 16.7 Å². The zero-order valence-electron chi connectivity index (χ0n) is 18.5. The quantitative estimate of drug-likeness (QED) is 0.433. The number of rotatable bonds is 8. The van der Waals surface area contributed by atoms with Crippen LogP contribution < -0.4 is 10.5 Å². The van der Waals surface area contributed by atoms with Crippen molar-refractivity contribution >= 4 is 22.7 Å². The Kier molecular flexibility index (Phi) is 6.36. The molecule has 182 valence electrons. The van der Waals surface area contributed by atoms with Crippen LogP contribution >= 0.6 is 11.8 Å². The van der Waals surface area contributed by atoms with Gasteiger partial charge in [0.25, 0.3) is 0 Å². The number of aromatic nitrogens is 1. The number of ketones is 1. The Hall–Kier alpha value is -2.66. The first kappa shape index (κ1) is 24.5. The van der Waals surface area contributed by atoms with Gasteiger partial charge in [0.2, 0.25) is 0 Å². The molecule has 2 aliphatic rings. The van der Waals surface area contributed by atoms with Gasteiger partial charge >= 0.3 is 6.18 Å². The van der Waals surface area contributed by atoms with E-state index in [0.717, 1.165) is 12.6 Å². The number of hydrogen-bond donors (Lipinski definition) is 1. The highest BCUT2D eigenvalue weighted by molar-refractivity contribution is 8.15. The van der Waals surface area contributed by atoms with Gasteiger partial charge in [-0.1, -0.05) is 17.8 Å². The third kappa shape index (κ3) is 4.90. The molecular weight excluding hydrogens is 474 g/mol. The minimum Gasteiger partial charge on any atom is -0.483 e. The molecule has 11 heteroatoms. The zero-order valence-corrected chi connectivity index (χ0v) is 19.3. The smallest absolute Gasteiger partial charge is 0.422 e. The largest absolute Gasteiger partial charge is 0.483 e. The monoisotopic (exact) mass is 497 g/mol. The molecule has 2 N–H and O–H groups in total. The van der Waals surface area contributed by atoms with E-state index >= 15 is 0 Å². The van der Waals surface area contributed by atoms with Crippen molar-refractivity contribution in [1.29, 1.82) is 0 Å². The van der Waals surface area contributed by atoms with E-state index in [4.69, 9.17) is 10.5 Å². The summed E-state index contributed by atoms with van der Waals surface area (Å²) in [4.78, 5) is 21.2. The second-order valence-corrected chi connectivity index (χ2v) is 10.1. The van der Waals surface area contributed by atoms with Crippen molar-refractivity contribution in [3.63, 3.8) is 0 Å². The Bertz CT molecular complexity index is 1130. The molecule has 0 saturated heterocycles. The van der Waals surface area contributed by atoms with Crippen LogP contribution in [0, 0.1) is 11.7 Å². The van der Waals surface area contributed by atoms with E-state index in [1.165, 1.54) is 36.0 Å². The molecule has 34 heavy (non-hydrogen) atoms. The first-order chi connectivity index (χ1) is 16.0. The van der Waals surface area contributed by atoms with Crippen molar-refractivity contribution in [2.75, 3.05) is 20.3 Å². The van der Waals surface area contributed by atoms with E-state index in [-0.39, 0.29) is 34.3 Å². The van der Waals surface area contributed by atoms with Crippen molar-refractivity contribution in [3.05, 3.63) is 59.2 Å². The number of methoxy groups -OCH3 is 1. The van der Waals surface area contributed by atoms with Gasteiger partial charge in [-0.2, -0.15) is 13.2 Å². The lowest BCUT2D eigenvalue weighted by Gasteiger charge is -2.34. The van der Waals surface area contributed by atoms with Crippen LogP contribution in [0.4, 0.5) is 17.6 Å². The standard InChI is InChI=1S/C23H23F4N3O3S/c1-21(19-9-22(19,11-32-2)34-20(28)30-21)15-7-13(3-5-16(15)24)8-18(31)17-6-4-14(10-29-17)33-12-23(25,26)27/h3-7,10,19H,8-9,11-12H2,1-2H3,(H2,28,30)/t19-,21+,22+/m0/s1. The van der Waals surface area contributed by atoms with Gasteiger partial charge in [0.15, 0.2) is 17.6 Å². The number of nitrogens with two attached hydrogens (primary N) is 1. The average molecular weight is 498 g/mol. The van der Waals surface area contributed by atoms with E-state index in [1.54, 1.807) is 13.2 Å². The van der Waals surface area contributed by atoms with Crippen LogP contribution in [0.25, 0.3) is 0 Å². The fourth-order valence-corrected chi connectivity index (χ4v) is 5.92. The summed E-state index contributed by atoms with van der Waals surface area (Å²) in [5.41, 5.74) is 6.17. The normalized spacial score (nSPS) is 25.9. The summed E-state index contributed by atoms with van der Waals surface area (Å²) in [6, 6.07) is 6.99. The number of aliphatic imine (C=N–C) groups is 1. The predicted molar refractivity (Wildman–Crippen MR) is 120 cm³/mol. The number of pyridine rings is 1. The van der Waals surface area contributed by atoms with E-state index < -0.39 is 24.1 Å². The van der Waals surface area contributed by atoms with E-state index in [2.05, 4.69) is 14.7 Å². The Morgan fingerprint density at radius 3 is 2.71 bits per heavy atom. The molecule has 0 spiro atoms. The topological polar surface area (TPSA) is 86.8 Å². The number of ether oxygens (including phenoxy) is 2. The maximum atomic E-state index is 15.0. The number of carbonyl (C=O) groups is 1. The van der Waals surface area contributed by atoms with Crippen molar-refractivity contribution in [2.45, 2.75) is 36.2 Å². The molecule has 0 bridgehead atoms. The summed E-state index contributed by atoms with van der Waals surface area (Å²) >= 11 is 1.45. The molecule has 1 aliphatic carbocycles. The molecule has 4 rings (SSSR count). The average Bonchev–Trinajstić information content (AvgIpc) is 3.48. The maximum absolute atomic E-state index is 15.0. The molecule has 1 fully saturated rings. The highest BCUT2D eigenvalue weighted by Gasteiger charge is 2.66. The van der Waals surface area contributed by atoms with Crippen molar-refractivity contribution < 1.29 is 31.8 Å². The fourth-order valence-electron chi connectivity index (χ4n) is 4.47. The number of carbonyl (C=O) groups excluding carboxylic acids is 1. The van der Waals surface area contributed by atoms with Gasteiger partial charge in [-0.25, -0.2) is 9.37 Å². The summed E-state index contributed by atoms with van der Waals surface area (Å²) in [6.07, 6.45) is -2.70. The van der Waals surface area contributed by atoms with Gasteiger partial charge in [-0.05, 0) is 43.2 Å². The summed E-state index contributed by atoms with van der Waals surface area (Å²) < 4.78 is 61.5. The SMILES string of the molecule is COC[C@]12C[C@H]1[C@@](C)(c1cc(CC(=O)c3ccc(OCC(F)(F)F)cn3)ccc1F)N=C(N)S2. The Morgan fingerprint density at radius 2 is 2.06 bits per heavy atom. The number of hydrogen-bond acceptors (Lipinski definition) is 7. The van der Waals surface area contributed by atoms with Gasteiger partial charge in [0.1, 0.15) is 17.3 Å². The molecule has 3 atom stereocenters. The lowest BCUT2D eigenvalue weighted by Crippen LogP contribution is -2.37. The third-order valence-electron chi connectivity index (χ3n) is 6.11. The van der Waals surface area contributed by atoms with E-state index in [0.29, 0.717) is 22.9 Å². The van der Waals surface area contributed by atoms with Crippen LogP contribution in [0.1, 0.15) is 35.0 Å². The number of thioether (sulfide) groups is 1. The van der Waals surface area contributed by atoms with Crippen LogP contribution in [-0.4, -0.2) is 47.2 Å². The number of fused-ring (bicyclic) bond motifs is 1. The molecule has 6 nitrogen and oxygen atoms in total. The number of Topliss-reactive ketones (excluding diaryl/α,β-unsaturated/α-hetero) is 1. The highest BCUT2D eigenvalue weighted by Crippen LogP contribution is 2.65. The highest BCUT2D eigenvalue weighted by atomic mass is 32.2. The second-order valence-electron chi connectivity index (χ2n) is 8.65. The minimum atomic E-state index is -4.47. The van der Waals surface area contributed by atoms with Gasteiger partial charge in [-0.15, -0.1) is 0 Å². The second kappa shape index (κ2) is 8.84. The molecule has 0 radical (unpaired) electrons. The first-order valence-corrected chi connectivity index (χ1v) is 11.3. The summed E-state index contributed by atoms with van der Waals surface area (Å²) in [7, 11) is 1.61. The zero-order chi connectivity index (χ0) is 24.7. The molecule has 1 aromatic heterocycles. The Morgan fingerprint density at radius 1 is 1.29 bits per heavy atom. The lowest BCUT2D eigenvalue weighted by molar-refractivity contribution is -0.153. The van der Waals surface area contributed by atoms with Gasteiger partial charge in [0.05, 0.1) is 23.1 Å². The molecular formula is C23H23F4N3O3S. The summed E-state index contributed by atoms with van der Waals surface area (Å²) in [5.74, 6) is -0.874. The molecule has 1 aromatic carbocycles. The third-order valence-corrected chi connectivity index (χ3v) is 7.38. The summed E-state index contributed by atoms with van der Waals surface area (Å²) in [6.45, 7) is 0.868. The van der Waals surface area contributed by atoms with Crippen molar-refractivity contribution in [2.24, 2.45) is 16.6 Å². The number of amidine groups is 1. The van der Waals surface area contributed by atoms with E-state index in [1.807, 2.05) is 6.92 Å². The predicted octanol–water partition coefficient (Wildman–Crippen LogP) is 4.27. The van der Waals surface area contributed by atoms with Crippen LogP contribution in [0.3, 0.4) is 0 Å². The van der Waals surface area contributed by atoms with Crippen LogP contribution in [0.2, 0.25) is 0 Å². The lowest BCUT2D eigenvalue weighted by atomic mass is 9.84. The molecule has 2 aromatic rings. The Labute approximate surface area is 197 Å². The van der Waals surface area contributed by atoms with E-state index in [9.17, 15) is 22.4 Å². The van der Waals surface area contributed by atoms with Crippen LogP contribution in [0.5, 0.6) is 5.75 Å². The van der Waals surface area contributed by atoms with Gasteiger partial charge in [-0.3, -0.25) is 9.79 Å². The first-order valence-electron chi connectivity index (χ1n) is 10.5. The fraction of sp³-hybridized carbons (Fsp3) is 0.435. The number of nitrogens with zero attached hydrogens (tertiary/aromatic N) is 2. The molecule has 1 saturated carbocycles. The molecule has 2 heterocycles. The molecule has 1 aliphatic heterocycles.